The van der Waals surface area contributed by atoms with E-state index in [1.807, 2.05) is 12.1 Å². The average molecular weight is 625 g/mol. The van der Waals surface area contributed by atoms with Crippen LogP contribution in [0.4, 0.5) is 20.2 Å². The lowest BCUT2D eigenvalue weighted by molar-refractivity contribution is 0.0283. The number of carbonyl (C=O) groups is 3. The van der Waals surface area contributed by atoms with Crippen molar-refractivity contribution >= 4 is 36.8 Å². The van der Waals surface area contributed by atoms with Crippen molar-refractivity contribution in [3.63, 3.8) is 0 Å². The zero-order valence-corrected chi connectivity index (χ0v) is 27.2. The summed E-state index contributed by atoms with van der Waals surface area (Å²) in [6.45, 7) is 15.4. The minimum Gasteiger partial charge on any atom is -0.444 e. The van der Waals surface area contributed by atoms with Gasteiger partial charge in [-0.25, -0.2) is 24.4 Å². The molecule has 3 amide bonds. The van der Waals surface area contributed by atoms with Gasteiger partial charge in [0.15, 0.2) is 17.3 Å². The lowest BCUT2D eigenvalue weighted by Crippen LogP contribution is -2.45. The van der Waals surface area contributed by atoms with Gasteiger partial charge in [-0.15, -0.1) is 0 Å². The molecule has 14 nitrogen and oxygen atoms in total. The van der Waals surface area contributed by atoms with E-state index in [1.54, 1.807) is 81.5 Å². The van der Waals surface area contributed by atoms with Gasteiger partial charge >= 0.3 is 25.4 Å². The summed E-state index contributed by atoms with van der Waals surface area (Å²) in [5.74, 6) is -0.382. The van der Waals surface area contributed by atoms with Crippen molar-refractivity contribution in [1.82, 2.24) is 20.0 Å². The van der Waals surface area contributed by atoms with Gasteiger partial charge < -0.3 is 33.7 Å². The van der Waals surface area contributed by atoms with E-state index in [4.69, 9.17) is 18.7 Å². The monoisotopic (exact) mass is 625 g/mol. The number of benzene rings is 1. The molecule has 0 aliphatic heterocycles. The van der Waals surface area contributed by atoms with Crippen molar-refractivity contribution in [3.05, 3.63) is 42.1 Å². The molecule has 0 aliphatic carbocycles. The van der Waals surface area contributed by atoms with E-state index in [-0.39, 0.29) is 22.9 Å². The predicted octanol–water partition coefficient (Wildman–Crippen LogP) is 4.52. The molecule has 0 aliphatic rings. The van der Waals surface area contributed by atoms with Crippen LogP contribution in [-0.2, 0) is 20.8 Å². The largest absolute Gasteiger partial charge is 0.509 e. The van der Waals surface area contributed by atoms with Gasteiger partial charge in [-0.05, 0) is 67.9 Å². The molecule has 0 bridgehead atoms. The maximum absolute atomic E-state index is 13.3. The number of imide groups is 1. The SMILES string of the molecule is CN(Cc1ccc(-c2cc(-c3nc(B(O)O)cnc3N(C(=O)OC(C)(C)C)C(=O)OC(C)(C)C)on2)cc1)C(=O)OC(C)(C)C. The van der Waals surface area contributed by atoms with Crippen molar-refractivity contribution in [2.75, 3.05) is 11.9 Å². The summed E-state index contributed by atoms with van der Waals surface area (Å²) >= 11 is 0. The van der Waals surface area contributed by atoms with Crippen LogP contribution < -0.4 is 10.5 Å². The molecule has 0 saturated carbocycles. The van der Waals surface area contributed by atoms with Gasteiger partial charge in [0, 0.05) is 31.4 Å². The van der Waals surface area contributed by atoms with E-state index >= 15 is 0 Å². The molecule has 3 rings (SSSR count). The summed E-state index contributed by atoms with van der Waals surface area (Å²) in [5.41, 5.74) is -1.24. The van der Waals surface area contributed by atoms with Gasteiger partial charge in [0.25, 0.3) is 0 Å². The molecule has 0 fully saturated rings. The zero-order valence-electron chi connectivity index (χ0n) is 27.2. The van der Waals surface area contributed by atoms with Crippen LogP contribution >= 0.6 is 0 Å². The molecular formula is C30H40BN5O9. The number of anilines is 1. The summed E-state index contributed by atoms with van der Waals surface area (Å²) in [6.07, 6.45) is -1.66. The van der Waals surface area contributed by atoms with Gasteiger partial charge in [0.05, 0.1) is 5.59 Å². The summed E-state index contributed by atoms with van der Waals surface area (Å²) in [6, 6.07) is 8.66. The van der Waals surface area contributed by atoms with Crippen molar-refractivity contribution in [3.8, 4) is 22.7 Å². The normalized spacial score (nSPS) is 11.9. The third-order valence-electron chi connectivity index (χ3n) is 5.52. The van der Waals surface area contributed by atoms with Crippen LogP contribution in [0.3, 0.4) is 0 Å². The van der Waals surface area contributed by atoms with Crippen LogP contribution in [0, 0.1) is 0 Å². The second kappa shape index (κ2) is 13.2. The van der Waals surface area contributed by atoms with Gasteiger partial charge in [-0.1, -0.05) is 29.4 Å². The molecule has 0 saturated heterocycles. The second-order valence-electron chi connectivity index (χ2n) is 13.2. The molecule has 2 N–H and O–H groups in total. The van der Waals surface area contributed by atoms with E-state index in [0.717, 1.165) is 11.8 Å². The smallest absolute Gasteiger partial charge is 0.444 e. The highest BCUT2D eigenvalue weighted by molar-refractivity contribution is 6.57. The summed E-state index contributed by atoms with van der Waals surface area (Å²) in [7, 11) is -0.379. The Bertz CT molecular complexity index is 1490. The van der Waals surface area contributed by atoms with E-state index < -0.39 is 42.2 Å². The molecule has 45 heavy (non-hydrogen) atoms. The first-order valence-electron chi connectivity index (χ1n) is 14.1. The number of rotatable bonds is 6. The van der Waals surface area contributed by atoms with Crippen LogP contribution in [0.2, 0.25) is 0 Å². The van der Waals surface area contributed by atoms with E-state index in [9.17, 15) is 24.4 Å². The quantitative estimate of drug-likeness (QED) is 0.290. The number of nitrogens with zero attached hydrogens (tertiary/aromatic N) is 5. The van der Waals surface area contributed by atoms with E-state index in [0.29, 0.717) is 22.7 Å². The maximum atomic E-state index is 13.3. The summed E-state index contributed by atoms with van der Waals surface area (Å²) in [5, 5.41) is 23.7. The minimum atomic E-state index is -2.02. The molecule has 0 spiro atoms. The third kappa shape index (κ3) is 10.0. The standard InChI is InChI=1S/C30H40BN5O9/c1-28(2,3)42-25(37)35(10)17-18-11-13-19(14-12-18)20-15-21(45-34-20)23-24(32-16-22(33-23)31(40)41)36(26(38)43-29(4,5)6)27(39)44-30(7,8)9/h11-16,40-41H,17H2,1-10H3. The van der Waals surface area contributed by atoms with Crippen LogP contribution in [0.5, 0.6) is 0 Å². The highest BCUT2D eigenvalue weighted by Gasteiger charge is 2.37. The van der Waals surface area contributed by atoms with Crippen molar-refractivity contribution in [2.24, 2.45) is 0 Å². The van der Waals surface area contributed by atoms with Gasteiger partial charge in [-0.2, -0.15) is 4.90 Å². The summed E-state index contributed by atoms with van der Waals surface area (Å²) in [4.78, 5) is 49.3. The summed E-state index contributed by atoms with van der Waals surface area (Å²) < 4.78 is 21.8. The number of amides is 3. The Morgan fingerprint density at radius 1 is 0.844 bits per heavy atom. The van der Waals surface area contributed by atoms with Gasteiger partial charge in [0.2, 0.25) is 0 Å². The van der Waals surface area contributed by atoms with Gasteiger partial charge in [0.1, 0.15) is 22.5 Å². The zero-order chi connectivity index (χ0) is 33.9. The fraction of sp³-hybridized carbons (Fsp3) is 0.467. The Kier molecular flexibility index (Phi) is 10.3. The lowest BCUT2D eigenvalue weighted by atomic mass is 9.87. The highest BCUT2D eigenvalue weighted by atomic mass is 16.6. The molecule has 1 aromatic carbocycles. The number of hydrogen-bond acceptors (Lipinski definition) is 12. The fourth-order valence-corrected chi connectivity index (χ4v) is 3.69. The highest BCUT2D eigenvalue weighted by Crippen LogP contribution is 2.32. The molecule has 0 radical (unpaired) electrons. The molecule has 0 unspecified atom stereocenters. The van der Waals surface area contributed by atoms with Crippen molar-refractivity contribution in [1.29, 1.82) is 0 Å². The molecular weight excluding hydrogens is 585 g/mol. The van der Waals surface area contributed by atoms with Crippen LogP contribution in [0.25, 0.3) is 22.7 Å². The van der Waals surface area contributed by atoms with Crippen molar-refractivity contribution < 1.29 is 43.2 Å². The lowest BCUT2D eigenvalue weighted by Gasteiger charge is -2.28. The topological polar surface area (TPSA) is 178 Å². The Labute approximate surface area is 262 Å². The molecule has 242 valence electrons. The number of ether oxygens (including phenoxy) is 3. The molecule has 2 heterocycles. The molecule has 3 aromatic rings. The Morgan fingerprint density at radius 2 is 1.36 bits per heavy atom. The first kappa shape index (κ1) is 35.0. The van der Waals surface area contributed by atoms with E-state index in [2.05, 4.69) is 15.1 Å². The second-order valence-corrected chi connectivity index (χ2v) is 13.2. The number of hydrogen-bond donors (Lipinski definition) is 2. The Balaban J connectivity index is 2.00. The van der Waals surface area contributed by atoms with Crippen molar-refractivity contribution in [2.45, 2.75) is 85.7 Å². The Hall–Kier alpha value is -4.50. The minimum absolute atomic E-state index is 0.0409. The Morgan fingerprint density at radius 3 is 1.84 bits per heavy atom. The predicted molar refractivity (Wildman–Crippen MR) is 165 cm³/mol. The van der Waals surface area contributed by atoms with Crippen LogP contribution in [0.1, 0.15) is 67.9 Å². The van der Waals surface area contributed by atoms with E-state index in [1.165, 1.54) is 11.0 Å². The number of carbonyl (C=O) groups excluding carboxylic acids is 3. The molecule has 2 aromatic heterocycles. The maximum Gasteiger partial charge on any atom is 0.509 e. The average Bonchev–Trinajstić information content (AvgIpc) is 3.36. The fourth-order valence-electron chi connectivity index (χ4n) is 3.69. The third-order valence-corrected chi connectivity index (χ3v) is 5.52. The van der Waals surface area contributed by atoms with Gasteiger partial charge in [-0.3, -0.25) is 0 Å². The first-order chi connectivity index (χ1) is 20.6. The van der Waals surface area contributed by atoms with Crippen LogP contribution in [0.15, 0.2) is 41.1 Å². The van der Waals surface area contributed by atoms with Crippen LogP contribution in [-0.4, -0.2) is 79.3 Å². The molecule has 15 heteroatoms. The first-order valence-corrected chi connectivity index (χ1v) is 14.1. The number of aromatic nitrogens is 3. The molecule has 0 atom stereocenters.